The Morgan fingerprint density at radius 1 is 1.19 bits per heavy atom. The molecule has 0 atom stereocenters. The zero-order chi connectivity index (χ0) is 11.5. The number of hydrogen-bond acceptors (Lipinski definition) is 4. The molecule has 0 aliphatic rings. The maximum atomic E-state index is 10.6. The van der Waals surface area contributed by atoms with Crippen molar-refractivity contribution in [3.8, 4) is 11.4 Å². The molecule has 0 spiro atoms. The van der Waals surface area contributed by atoms with Crippen LogP contribution in [-0.4, -0.2) is 14.9 Å². The summed E-state index contributed by atoms with van der Waals surface area (Å²) in [6.45, 7) is 0. The monoisotopic (exact) mass is 327 g/mol. The predicted octanol–water partition coefficient (Wildman–Crippen LogP) is 2.66. The van der Waals surface area contributed by atoms with Crippen LogP contribution in [0.15, 0.2) is 36.5 Å². The van der Waals surface area contributed by atoms with Crippen LogP contribution in [0, 0.1) is 13.8 Å². The first-order valence-corrected chi connectivity index (χ1v) is 5.48. The Bertz CT molecular complexity index is 531. The number of nitrogens with zero attached hydrogens (tertiary/aromatic N) is 3. The molecular weight excluding hydrogens is 321 g/mol. The Labute approximate surface area is 105 Å². The summed E-state index contributed by atoms with van der Waals surface area (Å²) < 4.78 is 0.366. The molecule has 80 valence electrons. The fraction of sp³-hybridized carbons (Fsp3) is 0. The van der Waals surface area contributed by atoms with Gasteiger partial charge in [-0.3, -0.25) is 15.1 Å². The molecule has 0 unspecified atom stereocenters. The minimum absolute atomic E-state index is 0.0141. The normalized spacial score (nSPS) is 10.1. The molecule has 0 amide bonds. The molecule has 0 bridgehead atoms. The molecule has 2 aromatic rings. The van der Waals surface area contributed by atoms with Crippen molar-refractivity contribution < 1.29 is 4.92 Å². The van der Waals surface area contributed by atoms with Gasteiger partial charge in [-0.15, -0.1) is 0 Å². The van der Waals surface area contributed by atoms with E-state index in [1.165, 1.54) is 6.07 Å². The van der Waals surface area contributed by atoms with Gasteiger partial charge in [-0.25, -0.2) is 4.98 Å². The van der Waals surface area contributed by atoms with Crippen molar-refractivity contribution in [1.82, 2.24) is 9.97 Å². The smallest absolute Gasteiger partial charge is 0.258 e. The summed E-state index contributed by atoms with van der Waals surface area (Å²) in [5, 5.41) is 10.6. The lowest BCUT2D eigenvalue weighted by molar-refractivity contribution is -0.386. The SMILES string of the molecule is O=[N+]([O-])c1ccc(-c2ccccn2)nc1I. The lowest BCUT2D eigenvalue weighted by atomic mass is 10.2. The summed E-state index contributed by atoms with van der Waals surface area (Å²) in [6, 6.07) is 8.50. The van der Waals surface area contributed by atoms with E-state index in [0.29, 0.717) is 15.1 Å². The van der Waals surface area contributed by atoms with Crippen LogP contribution in [0.5, 0.6) is 0 Å². The first-order chi connectivity index (χ1) is 7.68. The Kier molecular flexibility index (Phi) is 3.09. The van der Waals surface area contributed by atoms with Crippen LogP contribution in [0.25, 0.3) is 11.4 Å². The van der Waals surface area contributed by atoms with E-state index in [2.05, 4.69) is 9.97 Å². The summed E-state index contributed by atoms with van der Waals surface area (Å²) in [5.74, 6) is 0. The number of rotatable bonds is 2. The zero-order valence-corrected chi connectivity index (χ0v) is 10.2. The summed E-state index contributed by atoms with van der Waals surface area (Å²) in [7, 11) is 0. The molecule has 16 heavy (non-hydrogen) atoms. The maximum absolute atomic E-state index is 10.6. The third kappa shape index (κ3) is 2.16. The third-order valence-electron chi connectivity index (χ3n) is 1.95. The standard InChI is InChI=1S/C10H6IN3O2/c11-10-9(14(15)16)5-4-8(13-10)7-3-1-2-6-12-7/h1-6H. The van der Waals surface area contributed by atoms with Gasteiger partial charge >= 0.3 is 5.69 Å². The maximum Gasteiger partial charge on any atom is 0.301 e. The van der Waals surface area contributed by atoms with E-state index in [4.69, 9.17) is 0 Å². The molecule has 0 saturated carbocycles. The fourth-order valence-electron chi connectivity index (χ4n) is 1.22. The van der Waals surface area contributed by atoms with Gasteiger partial charge in [0.25, 0.3) is 0 Å². The lowest BCUT2D eigenvalue weighted by Crippen LogP contribution is -1.96. The zero-order valence-electron chi connectivity index (χ0n) is 8.00. The number of halogens is 1. The van der Waals surface area contributed by atoms with E-state index in [9.17, 15) is 10.1 Å². The van der Waals surface area contributed by atoms with Gasteiger partial charge in [0.1, 0.15) is 0 Å². The van der Waals surface area contributed by atoms with E-state index >= 15 is 0 Å². The Balaban J connectivity index is 2.46. The van der Waals surface area contributed by atoms with Crippen molar-refractivity contribution in [1.29, 1.82) is 0 Å². The van der Waals surface area contributed by atoms with Gasteiger partial charge in [-0.05, 0) is 40.8 Å². The van der Waals surface area contributed by atoms with Crippen molar-refractivity contribution in [3.63, 3.8) is 0 Å². The van der Waals surface area contributed by atoms with Crippen LogP contribution in [0.4, 0.5) is 5.69 Å². The van der Waals surface area contributed by atoms with Gasteiger partial charge in [-0.2, -0.15) is 0 Å². The molecule has 6 heteroatoms. The Hall–Kier alpha value is -1.57. The average molecular weight is 327 g/mol. The molecule has 0 aliphatic heterocycles. The summed E-state index contributed by atoms with van der Waals surface area (Å²) in [4.78, 5) is 18.4. The molecule has 0 saturated heterocycles. The number of aromatic nitrogens is 2. The van der Waals surface area contributed by atoms with Crippen molar-refractivity contribution in [2.45, 2.75) is 0 Å². The molecule has 0 N–H and O–H groups in total. The number of pyridine rings is 2. The summed E-state index contributed by atoms with van der Waals surface area (Å²) >= 11 is 1.85. The first-order valence-electron chi connectivity index (χ1n) is 4.41. The quantitative estimate of drug-likeness (QED) is 0.368. The first kappa shape index (κ1) is 10.9. The molecule has 0 fully saturated rings. The molecule has 0 radical (unpaired) electrons. The van der Waals surface area contributed by atoms with E-state index in [1.807, 2.05) is 34.7 Å². The molecular formula is C10H6IN3O2. The van der Waals surface area contributed by atoms with Crippen LogP contribution in [0.2, 0.25) is 0 Å². The Morgan fingerprint density at radius 3 is 2.56 bits per heavy atom. The van der Waals surface area contributed by atoms with Crippen molar-refractivity contribution in [3.05, 3.63) is 50.3 Å². The van der Waals surface area contributed by atoms with Crippen LogP contribution >= 0.6 is 22.6 Å². The van der Waals surface area contributed by atoms with E-state index in [-0.39, 0.29) is 5.69 Å². The highest BCUT2D eigenvalue weighted by molar-refractivity contribution is 14.1. The van der Waals surface area contributed by atoms with Crippen molar-refractivity contribution in [2.24, 2.45) is 0 Å². The van der Waals surface area contributed by atoms with Gasteiger partial charge in [0.15, 0.2) is 3.70 Å². The number of nitro groups is 1. The van der Waals surface area contributed by atoms with Crippen LogP contribution in [0.1, 0.15) is 0 Å². The second-order valence-electron chi connectivity index (χ2n) is 2.98. The molecule has 2 aromatic heterocycles. The second kappa shape index (κ2) is 4.52. The fourth-order valence-corrected chi connectivity index (χ4v) is 1.86. The minimum atomic E-state index is -0.447. The summed E-state index contributed by atoms with van der Waals surface area (Å²) in [5.41, 5.74) is 1.35. The van der Waals surface area contributed by atoms with Gasteiger partial charge < -0.3 is 0 Å². The molecule has 0 aromatic carbocycles. The lowest BCUT2D eigenvalue weighted by Gasteiger charge is -2.00. The van der Waals surface area contributed by atoms with Gasteiger partial charge in [0.2, 0.25) is 0 Å². The molecule has 0 aliphatic carbocycles. The Morgan fingerprint density at radius 2 is 2.00 bits per heavy atom. The van der Waals surface area contributed by atoms with E-state index in [0.717, 1.165) is 0 Å². The second-order valence-corrected chi connectivity index (χ2v) is 4.00. The molecule has 5 nitrogen and oxygen atoms in total. The average Bonchev–Trinajstić information content (AvgIpc) is 2.29. The van der Waals surface area contributed by atoms with Crippen LogP contribution in [0.3, 0.4) is 0 Å². The van der Waals surface area contributed by atoms with E-state index in [1.54, 1.807) is 18.3 Å². The topological polar surface area (TPSA) is 68.9 Å². The van der Waals surface area contributed by atoms with E-state index < -0.39 is 4.92 Å². The van der Waals surface area contributed by atoms with Crippen LogP contribution in [-0.2, 0) is 0 Å². The highest BCUT2D eigenvalue weighted by atomic mass is 127. The van der Waals surface area contributed by atoms with Gasteiger partial charge in [0.05, 0.1) is 16.3 Å². The van der Waals surface area contributed by atoms with Crippen molar-refractivity contribution in [2.75, 3.05) is 0 Å². The molecule has 2 heterocycles. The summed E-state index contributed by atoms with van der Waals surface area (Å²) in [6.07, 6.45) is 1.66. The van der Waals surface area contributed by atoms with Gasteiger partial charge in [-0.1, -0.05) is 6.07 Å². The van der Waals surface area contributed by atoms with Gasteiger partial charge in [0, 0.05) is 12.3 Å². The number of hydrogen-bond donors (Lipinski definition) is 0. The van der Waals surface area contributed by atoms with Crippen LogP contribution < -0.4 is 0 Å². The largest absolute Gasteiger partial charge is 0.301 e. The predicted molar refractivity (Wildman–Crippen MR) is 66.8 cm³/mol. The highest BCUT2D eigenvalue weighted by Gasteiger charge is 2.13. The minimum Gasteiger partial charge on any atom is -0.258 e. The highest BCUT2D eigenvalue weighted by Crippen LogP contribution is 2.22. The van der Waals surface area contributed by atoms with Crippen molar-refractivity contribution >= 4 is 28.3 Å². The molecule has 2 rings (SSSR count). The third-order valence-corrected chi connectivity index (χ3v) is 2.75.